The zero-order chi connectivity index (χ0) is 17.4. The number of H-pyrrole nitrogens is 1. The number of amides is 1. The lowest BCUT2D eigenvalue weighted by atomic mass is 10.1. The molecule has 0 fully saturated rings. The molecule has 5 nitrogen and oxygen atoms in total. The number of anilines is 3. The molecule has 0 atom stereocenters. The van der Waals surface area contributed by atoms with Crippen LogP contribution in [0.4, 0.5) is 16.6 Å². The Kier molecular flexibility index (Phi) is 3.91. The van der Waals surface area contributed by atoms with Gasteiger partial charge in [-0.3, -0.25) is 15.0 Å². The number of allylic oxidation sites excluding steroid dienone is 1. The van der Waals surface area contributed by atoms with Crippen molar-refractivity contribution in [2.45, 2.75) is 0 Å². The van der Waals surface area contributed by atoms with E-state index in [0.717, 1.165) is 22.8 Å². The smallest absolute Gasteiger partial charge is 0.273 e. The van der Waals surface area contributed by atoms with E-state index in [1.165, 1.54) is 11.3 Å². The number of nitrogens with one attached hydrogen (secondary N) is 2. The van der Waals surface area contributed by atoms with Crippen LogP contribution in [0, 0.1) is 0 Å². The van der Waals surface area contributed by atoms with Crippen LogP contribution in [0.3, 0.4) is 0 Å². The van der Waals surface area contributed by atoms with E-state index in [1.54, 1.807) is 6.20 Å². The van der Waals surface area contributed by atoms with Crippen LogP contribution in [-0.2, 0) is 0 Å². The second kappa shape index (κ2) is 6.23. The minimum atomic E-state index is -0.237. The Bertz CT molecular complexity index is 973. The summed E-state index contributed by atoms with van der Waals surface area (Å²) in [6.07, 6.45) is 5.49. The zero-order valence-electron chi connectivity index (χ0n) is 13.0. The maximum Gasteiger partial charge on any atom is 0.273 e. The highest BCUT2D eigenvalue weighted by Crippen LogP contribution is 2.37. The zero-order valence-corrected chi connectivity index (χ0v) is 14.6. The Morgan fingerprint density at radius 3 is 2.80 bits per heavy atom. The Balaban J connectivity index is 1.69. The molecule has 3 aromatic rings. The molecular weight excluding hydrogens is 356 g/mol. The van der Waals surface area contributed by atoms with Gasteiger partial charge < -0.3 is 4.98 Å². The van der Waals surface area contributed by atoms with Crippen molar-refractivity contribution in [3.05, 3.63) is 76.5 Å². The summed E-state index contributed by atoms with van der Waals surface area (Å²) in [5.41, 5.74) is 3.07. The summed E-state index contributed by atoms with van der Waals surface area (Å²) in [7, 11) is 0. The number of rotatable bonds is 3. The van der Waals surface area contributed by atoms with E-state index in [2.05, 4.69) is 21.9 Å². The molecule has 124 valence electrons. The second-order valence-corrected chi connectivity index (χ2v) is 6.75. The van der Waals surface area contributed by atoms with Gasteiger partial charge in [-0.05, 0) is 42.5 Å². The minimum absolute atomic E-state index is 0.237. The molecule has 1 amide bonds. The molecule has 0 bridgehead atoms. The van der Waals surface area contributed by atoms with E-state index >= 15 is 0 Å². The van der Waals surface area contributed by atoms with Crippen LogP contribution in [-0.4, -0.2) is 15.9 Å². The van der Waals surface area contributed by atoms with Gasteiger partial charge in [0.2, 0.25) is 0 Å². The molecule has 4 rings (SSSR count). The summed E-state index contributed by atoms with van der Waals surface area (Å²) in [4.78, 5) is 21.6. The van der Waals surface area contributed by atoms with Gasteiger partial charge in [-0.2, -0.15) is 0 Å². The Morgan fingerprint density at radius 1 is 1.28 bits per heavy atom. The van der Waals surface area contributed by atoms with Crippen LogP contribution in [0.2, 0.25) is 5.02 Å². The molecule has 2 N–H and O–H groups in total. The first-order chi connectivity index (χ1) is 12.1. The van der Waals surface area contributed by atoms with Crippen molar-refractivity contribution in [2.75, 3.05) is 10.2 Å². The number of benzene rings is 1. The molecule has 2 aromatic heterocycles. The van der Waals surface area contributed by atoms with Gasteiger partial charge in [0.15, 0.2) is 5.13 Å². The number of nitrogens with zero attached hydrogens (tertiary/aromatic N) is 2. The van der Waals surface area contributed by atoms with Crippen LogP contribution >= 0.6 is 22.9 Å². The number of carbonyl (C=O) groups is 1. The summed E-state index contributed by atoms with van der Waals surface area (Å²) in [5.74, 6) is 0.554. The minimum Gasteiger partial charge on any atom is -0.336 e. The molecule has 0 saturated heterocycles. The van der Waals surface area contributed by atoms with Crippen LogP contribution in [0.25, 0.3) is 6.08 Å². The van der Waals surface area contributed by atoms with Crippen molar-refractivity contribution < 1.29 is 4.79 Å². The fourth-order valence-corrected chi connectivity index (χ4v) is 3.28. The molecule has 3 heterocycles. The van der Waals surface area contributed by atoms with Gasteiger partial charge in [0, 0.05) is 33.5 Å². The number of aromatic nitrogens is 2. The summed E-state index contributed by atoms with van der Waals surface area (Å²) >= 11 is 7.35. The van der Waals surface area contributed by atoms with Crippen LogP contribution in [0.5, 0.6) is 0 Å². The molecular formula is C18H13ClN4OS. The van der Waals surface area contributed by atoms with E-state index in [9.17, 15) is 4.79 Å². The summed E-state index contributed by atoms with van der Waals surface area (Å²) in [5, 5.41) is 5.81. The van der Waals surface area contributed by atoms with E-state index in [4.69, 9.17) is 11.6 Å². The van der Waals surface area contributed by atoms with E-state index in [-0.39, 0.29) is 5.91 Å². The number of halogens is 1. The lowest BCUT2D eigenvalue weighted by Crippen LogP contribution is -2.18. The van der Waals surface area contributed by atoms with Crippen LogP contribution in [0.1, 0.15) is 16.1 Å². The molecule has 0 aliphatic carbocycles. The highest BCUT2D eigenvalue weighted by atomic mass is 35.5. The van der Waals surface area contributed by atoms with Gasteiger partial charge in [0.25, 0.3) is 5.91 Å². The highest BCUT2D eigenvalue weighted by molar-refractivity contribution is 7.13. The molecule has 25 heavy (non-hydrogen) atoms. The topological polar surface area (TPSA) is 61.0 Å². The van der Waals surface area contributed by atoms with Crippen molar-refractivity contribution >= 4 is 51.6 Å². The maximum absolute atomic E-state index is 12.4. The third-order valence-corrected chi connectivity index (χ3v) is 4.72. The van der Waals surface area contributed by atoms with E-state index in [0.29, 0.717) is 15.8 Å². The van der Waals surface area contributed by atoms with Crippen LogP contribution in [0.15, 0.2) is 60.3 Å². The number of carbonyl (C=O) groups excluding carboxylic acids is 1. The number of fused-ring (bicyclic) bond motifs is 1. The first-order valence-corrected chi connectivity index (χ1v) is 8.74. The SMILES string of the molecule is C=C1C=Cc2cc(C(=O)Nc3nccs3)[nH]c2N1c1ccc(Cl)cc1. The van der Waals surface area contributed by atoms with Crippen molar-refractivity contribution in [1.29, 1.82) is 0 Å². The molecule has 0 saturated carbocycles. The fraction of sp³-hybridized carbons (Fsp3) is 0. The van der Waals surface area contributed by atoms with E-state index < -0.39 is 0 Å². The largest absolute Gasteiger partial charge is 0.336 e. The van der Waals surface area contributed by atoms with Crippen LogP contribution < -0.4 is 10.2 Å². The van der Waals surface area contributed by atoms with E-state index in [1.807, 2.05) is 52.8 Å². The molecule has 1 aliphatic heterocycles. The number of hydrogen-bond donors (Lipinski definition) is 2. The number of aromatic amines is 1. The summed E-state index contributed by atoms with van der Waals surface area (Å²) in [6, 6.07) is 9.27. The quantitative estimate of drug-likeness (QED) is 0.679. The monoisotopic (exact) mass is 368 g/mol. The maximum atomic E-state index is 12.4. The predicted octanol–water partition coefficient (Wildman–Crippen LogP) is 5.06. The molecule has 0 unspecified atom stereocenters. The second-order valence-electron chi connectivity index (χ2n) is 5.41. The van der Waals surface area contributed by atoms with Crippen molar-refractivity contribution in [2.24, 2.45) is 0 Å². The summed E-state index contributed by atoms with van der Waals surface area (Å²) < 4.78 is 0. The Morgan fingerprint density at radius 2 is 2.08 bits per heavy atom. The van der Waals surface area contributed by atoms with Crippen molar-refractivity contribution in [3.8, 4) is 0 Å². The fourth-order valence-electron chi connectivity index (χ4n) is 2.63. The molecule has 1 aromatic carbocycles. The van der Waals surface area contributed by atoms with Crippen molar-refractivity contribution in [3.63, 3.8) is 0 Å². The van der Waals surface area contributed by atoms with Crippen molar-refractivity contribution in [1.82, 2.24) is 9.97 Å². The molecule has 7 heteroatoms. The number of thiazole rings is 1. The Hall–Kier alpha value is -2.83. The van der Waals surface area contributed by atoms with Gasteiger partial charge in [-0.15, -0.1) is 11.3 Å². The lowest BCUT2D eigenvalue weighted by Gasteiger charge is -2.27. The normalized spacial score (nSPS) is 13.0. The molecule has 0 spiro atoms. The van der Waals surface area contributed by atoms with Gasteiger partial charge in [-0.1, -0.05) is 18.2 Å². The highest BCUT2D eigenvalue weighted by Gasteiger charge is 2.23. The molecule has 1 aliphatic rings. The van der Waals surface area contributed by atoms with Gasteiger partial charge in [-0.25, -0.2) is 4.98 Å². The standard InChI is InChI=1S/C18H13ClN4OS/c1-11-2-3-12-10-15(17(24)22-18-20-8-9-25-18)21-16(12)23(11)14-6-4-13(19)5-7-14/h2-10,21H,1H2,(H,20,22,24). The van der Waals surface area contributed by atoms with Gasteiger partial charge in [0.05, 0.1) is 0 Å². The lowest BCUT2D eigenvalue weighted by molar-refractivity contribution is 0.102. The number of hydrogen-bond acceptors (Lipinski definition) is 4. The predicted molar refractivity (Wildman–Crippen MR) is 103 cm³/mol. The molecule has 0 radical (unpaired) electrons. The van der Waals surface area contributed by atoms with Gasteiger partial charge >= 0.3 is 0 Å². The summed E-state index contributed by atoms with van der Waals surface area (Å²) in [6.45, 7) is 4.09. The average molecular weight is 369 g/mol. The Labute approximate surface area is 153 Å². The first kappa shape index (κ1) is 15.7. The van der Waals surface area contributed by atoms with Gasteiger partial charge in [0.1, 0.15) is 11.5 Å². The average Bonchev–Trinajstić information content (AvgIpc) is 3.25. The third kappa shape index (κ3) is 2.97. The third-order valence-electron chi connectivity index (χ3n) is 3.77. The first-order valence-electron chi connectivity index (χ1n) is 7.48.